The van der Waals surface area contributed by atoms with Gasteiger partial charge in [-0.3, -0.25) is 9.20 Å². The molecule has 182 valence electrons. The Morgan fingerprint density at radius 2 is 1.73 bits per heavy atom. The van der Waals surface area contributed by atoms with Crippen LogP contribution in [0.25, 0.3) is 27.8 Å². The highest BCUT2D eigenvalue weighted by molar-refractivity contribution is 5.89. The van der Waals surface area contributed by atoms with Crippen LogP contribution in [0.4, 0.5) is 16.0 Å². The lowest BCUT2D eigenvalue weighted by molar-refractivity contribution is 0.475. The molecule has 3 aromatic heterocycles. The zero-order chi connectivity index (χ0) is 25.9. The smallest absolute Gasteiger partial charge is 0.263 e. The summed E-state index contributed by atoms with van der Waals surface area (Å²) in [5.74, 6) is -0.0723. The van der Waals surface area contributed by atoms with Crippen molar-refractivity contribution in [3.8, 4) is 34.1 Å². The number of aromatic nitrogens is 3. The summed E-state index contributed by atoms with van der Waals surface area (Å²) < 4.78 is 15.6. The first-order valence-electron chi connectivity index (χ1n) is 11.4. The maximum atomic E-state index is 14.3. The third kappa shape index (κ3) is 4.44. The first-order chi connectivity index (χ1) is 18.0. The number of nitriles is 1. The maximum Gasteiger partial charge on any atom is 0.263 e. The van der Waals surface area contributed by atoms with Gasteiger partial charge < -0.3 is 16.2 Å². The number of hydrogen-bond donors (Lipinski definition) is 3. The fourth-order valence-corrected chi connectivity index (χ4v) is 4.43. The fraction of sp³-hybridized carbons (Fsp3) is 0.0714. The first kappa shape index (κ1) is 23.5. The molecule has 5 rings (SSSR count). The van der Waals surface area contributed by atoms with Crippen molar-refractivity contribution < 1.29 is 9.50 Å². The summed E-state index contributed by atoms with van der Waals surface area (Å²) in [6.45, 7) is 0.312. The monoisotopic (exact) mass is 492 g/mol. The Balaban J connectivity index is 1.73. The second-order valence-electron chi connectivity index (χ2n) is 8.32. The SMILES string of the molecule is N#Cc1c(N)ncnc1NCCc1c(-c2ccccc2)c(=O)n2cc(F)ccc2c1-c1ccc(O)cc1. The molecule has 37 heavy (non-hydrogen) atoms. The molecule has 0 saturated carbocycles. The Labute approximate surface area is 211 Å². The van der Waals surface area contributed by atoms with E-state index in [-0.39, 0.29) is 22.7 Å². The Hall–Kier alpha value is -5.23. The summed E-state index contributed by atoms with van der Waals surface area (Å²) in [6, 6.07) is 20.7. The van der Waals surface area contributed by atoms with Crippen molar-refractivity contribution >= 4 is 17.2 Å². The summed E-state index contributed by atoms with van der Waals surface area (Å²) in [5, 5.41) is 22.5. The molecule has 0 radical (unpaired) electrons. The number of rotatable bonds is 6. The van der Waals surface area contributed by atoms with E-state index in [1.54, 1.807) is 30.3 Å². The Morgan fingerprint density at radius 1 is 1.00 bits per heavy atom. The number of phenolic OH excluding ortho intramolecular Hbond substituents is 1. The lowest BCUT2D eigenvalue weighted by atomic mass is 9.90. The van der Waals surface area contributed by atoms with Gasteiger partial charge in [0.2, 0.25) is 0 Å². The van der Waals surface area contributed by atoms with Gasteiger partial charge in [-0.2, -0.15) is 5.26 Å². The van der Waals surface area contributed by atoms with Gasteiger partial charge in [-0.25, -0.2) is 14.4 Å². The molecule has 0 unspecified atom stereocenters. The van der Waals surface area contributed by atoms with E-state index >= 15 is 0 Å². The number of nitrogens with two attached hydrogens (primary N) is 1. The van der Waals surface area contributed by atoms with Gasteiger partial charge >= 0.3 is 0 Å². The van der Waals surface area contributed by atoms with Gasteiger partial charge in [0.15, 0.2) is 0 Å². The molecular weight excluding hydrogens is 471 g/mol. The third-order valence-corrected chi connectivity index (χ3v) is 6.08. The van der Waals surface area contributed by atoms with Crippen molar-refractivity contribution in [3.05, 3.63) is 107 Å². The largest absolute Gasteiger partial charge is 0.508 e. The lowest BCUT2D eigenvalue weighted by Gasteiger charge is -2.19. The fourth-order valence-electron chi connectivity index (χ4n) is 4.43. The number of aromatic hydroxyl groups is 1. The van der Waals surface area contributed by atoms with E-state index in [2.05, 4.69) is 15.3 Å². The van der Waals surface area contributed by atoms with E-state index in [4.69, 9.17) is 5.73 Å². The predicted molar refractivity (Wildman–Crippen MR) is 140 cm³/mol. The van der Waals surface area contributed by atoms with Crippen LogP contribution in [-0.2, 0) is 6.42 Å². The quantitative estimate of drug-likeness (QED) is 0.321. The highest BCUT2D eigenvalue weighted by Crippen LogP contribution is 2.35. The minimum atomic E-state index is -0.537. The number of nitrogen functional groups attached to an aromatic ring is 1. The normalized spacial score (nSPS) is 10.8. The van der Waals surface area contributed by atoms with Crippen LogP contribution in [-0.4, -0.2) is 26.0 Å². The van der Waals surface area contributed by atoms with E-state index in [1.807, 2.05) is 36.4 Å². The molecule has 2 aromatic carbocycles. The summed E-state index contributed by atoms with van der Waals surface area (Å²) >= 11 is 0. The van der Waals surface area contributed by atoms with Crippen LogP contribution in [0.1, 0.15) is 11.1 Å². The van der Waals surface area contributed by atoms with Crippen LogP contribution in [0, 0.1) is 17.1 Å². The number of benzene rings is 2. The molecule has 8 nitrogen and oxygen atoms in total. The number of anilines is 2. The standard InChI is InChI=1S/C28H21FN6O2/c29-19-8-11-23-24(18-6-9-20(36)10-7-18)21(12-13-32-27-22(14-30)26(31)33-16-34-27)25(28(37)35(23)15-19)17-4-2-1-3-5-17/h1-11,15-16,36H,12-13H2,(H3,31,32,33,34). The highest BCUT2D eigenvalue weighted by atomic mass is 19.1. The van der Waals surface area contributed by atoms with E-state index in [9.17, 15) is 19.6 Å². The van der Waals surface area contributed by atoms with Crippen molar-refractivity contribution in [3.63, 3.8) is 0 Å². The molecule has 0 atom stereocenters. The van der Waals surface area contributed by atoms with E-state index in [1.165, 1.54) is 23.0 Å². The molecular formula is C28H21FN6O2. The van der Waals surface area contributed by atoms with Crippen molar-refractivity contribution in [2.45, 2.75) is 6.42 Å². The summed E-state index contributed by atoms with van der Waals surface area (Å²) in [4.78, 5) is 21.8. The van der Waals surface area contributed by atoms with E-state index < -0.39 is 5.82 Å². The zero-order valence-corrected chi connectivity index (χ0v) is 19.5. The second-order valence-corrected chi connectivity index (χ2v) is 8.32. The molecule has 0 amide bonds. The molecule has 3 heterocycles. The zero-order valence-electron chi connectivity index (χ0n) is 19.5. The molecule has 4 N–H and O–H groups in total. The van der Waals surface area contributed by atoms with Crippen LogP contribution >= 0.6 is 0 Å². The van der Waals surface area contributed by atoms with Gasteiger partial charge in [-0.15, -0.1) is 0 Å². The number of nitrogens with one attached hydrogen (secondary N) is 1. The van der Waals surface area contributed by atoms with Crippen LogP contribution in [0.2, 0.25) is 0 Å². The van der Waals surface area contributed by atoms with Gasteiger partial charge in [0.1, 0.15) is 41.2 Å². The van der Waals surface area contributed by atoms with Crippen molar-refractivity contribution in [1.82, 2.24) is 14.4 Å². The number of pyridine rings is 2. The van der Waals surface area contributed by atoms with Crippen LogP contribution in [0.15, 0.2) is 84.0 Å². The predicted octanol–water partition coefficient (Wildman–Crippen LogP) is 4.38. The van der Waals surface area contributed by atoms with Crippen molar-refractivity contribution in [1.29, 1.82) is 5.26 Å². The Bertz CT molecular complexity index is 1710. The summed E-state index contributed by atoms with van der Waals surface area (Å²) in [5.41, 5.74) is 9.42. The molecule has 0 aliphatic rings. The second kappa shape index (κ2) is 9.79. The van der Waals surface area contributed by atoms with Crippen molar-refractivity contribution in [2.24, 2.45) is 0 Å². The highest BCUT2D eigenvalue weighted by Gasteiger charge is 2.21. The minimum absolute atomic E-state index is 0.0701. The average molecular weight is 493 g/mol. The molecule has 9 heteroatoms. The van der Waals surface area contributed by atoms with Gasteiger partial charge in [0, 0.05) is 18.3 Å². The van der Waals surface area contributed by atoms with Gasteiger partial charge in [0.05, 0.1) is 11.1 Å². The molecule has 0 aliphatic carbocycles. The maximum absolute atomic E-state index is 14.3. The van der Waals surface area contributed by atoms with E-state index in [0.29, 0.717) is 35.4 Å². The molecule has 0 fully saturated rings. The summed E-state index contributed by atoms with van der Waals surface area (Å²) in [7, 11) is 0. The molecule has 0 saturated heterocycles. The summed E-state index contributed by atoms with van der Waals surface area (Å²) in [6.07, 6.45) is 2.81. The molecule has 0 spiro atoms. The number of halogens is 1. The van der Waals surface area contributed by atoms with Crippen molar-refractivity contribution in [2.75, 3.05) is 17.6 Å². The molecule has 0 bridgehead atoms. The molecule has 5 aromatic rings. The Kier molecular flexibility index (Phi) is 6.22. The van der Waals surface area contributed by atoms with Gasteiger partial charge in [0.25, 0.3) is 5.56 Å². The molecule has 0 aliphatic heterocycles. The topological polar surface area (TPSA) is 129 Å². The first-order valence-corrected chi connectivity index (χ1v) is 11.4. The number of phenols is 1. The lowest BCUT2D eigenvalue weighted by Crippen LogP contribution is -2.21. The van der Waals surface area contributed by atoms with Gasteiger partial charge in [-0.05, 0) is 47.4 Å². The third-order valence-electron chi connectivity index (χ3n) is 6.08. The Morgan fingerprint density at radius 3 is 2.46 bits per heavy atom. The number of fused-ring (bicyclic) bond motifs is 1. The number of nitrogens with zero attached hydrogens (tertiary/aromatic N) is 4. The van der Waals surface area contributed by atoms with E-state index in [0.717, 1.165) is 16.7 Å². The van der Waals surface area contributed by atoms with Crippen LogP contribution in [0.3, 0.4) is 0 Å². The minimum Gasteiger partial charge on any atom is -0.508 e. The van der Waals surface area contributed by atoms with Gasteiger partial charge in [-0.1, -0.05) is 42.5 Å². The van der Waals surface area contributed by atoms with Crippen LogP contribution in [0.5, 0.6) is 5.75 Å². The van der Waals surface area contributed by atoms with Crippen LogP contribution < -0.4 is 16.6 Å². The average Bonchev–Trinajstić information content (AvgIpc) is 2.90. The number of hydrogen-bond acceptors (Lipinski definition) is 7.